The first-order chi connectivity index (χ1) is 6.77. The maximum absolute atomic E-state index is 5.49. The molecule has 5 heteroatoms. The molecule has 0 radical (unpaired) electrons. The summed E-state index contributed by atoms with van der Waals surface area (Å²) in [4.78, 5) is 10.4. The Morgan fingerprint density at radius 2 is 1.64 bits per heavy atom. The fourth-order valence-electron chi connectivity index (χ4n) is 1.17. The molecule has 0 saturated carbocycles. The number of rotatable bonds is 5. The van der Waals surface area contributed by atoms with Gasteiger partial charge in [-0.3, -0.25) is 0 Å². The zero-order valence-electron chi connectivity index (χ0n) is 8.48. The SMILES string of the molecule is Cc1cnc(N(CCN)CCN)nc1. The molecule has 78 valence electrons. The van der Waals surface area contributed by atoms with Crippen LogP contribution in [-0.2, 0) is 0 Å². The van der Waals surface area contributed by atoms with Gasteiger partial charge in [-0.15, -0.1) is 0 Å². The van der Waals surface area contributed by atoms with E-state index in [0.29, 0.717) is 19.0 Å². The van der Waals surface area contributed by atoms with E-state index < -0.39 is 0 Å². The molecule has 4 N–H and O–H groups in total. The lowest BCUT2D eigenvalue weighted by atomic mass is 10.4. The van der Waals surface area contributed by atoms with Gasteiger partial charge < -0.3 is 16.4 Å². The van der Waals surface area contributed by atoms with Gasteiger partial charge in [0, 0.05) is 38.6 Å². The molecule has 1 rings (SSSR count). The molecule has 0 amide bonds. The summed E-state index contributed by atoms with van der Waals surface area (Å²) in [6, 6.07) is 0. The summed E-state index contributed by atoms with van der Waals surface area (Å²) in [6.07, 6.45) is 3.59. The molecule has 0 aliphatic heterocycles. The van der Waals surface area contributed by atoms with E-state index >= 15 is 0 Å². The molecule has 0 aliphatic carbocycles. The van der Waals surface area contributed by atoms with Gasteiger partial charge in [0.25, 0.3) is 0 Å². The second-order valence-electron chi connectivity index (χ2n) is 3.12. The standard InChI is InChI=1S/C9H17N5/c1-8-6-12-9(13-7-8)14(4-2-10)5-3-11/h6-7H,2-5,10-11H2,1H3. The van der Waals surface area contributed by atoms with Crippen molar-refractivity contribution in [1.29, 1.82) is 0 Å². The monoisotopic (exact) mass is 195 g/mol. The quantitative estimate of drug-likeness (QED) is 0.662. The highest BCUT2D eigenvalue weighted by molar-refractivity contribution is 5.29. The Hall–Kier alpha value is -1.20. The first-order valence-corrected chi connectivity index (χ1v) is 4.71. The normalized spacial score (nSPS) is 10.2. The van der Waals surface area contributed by atoms with Crippen molar-refractivity contribution in [3.05, 3.63) is 18.0 Å². The molecule has 0 fully saturated rings. The number of anilines is 1. The van der Waals surface area contributed by atoms with Crippen molar-refractivity contribution >= 4 is 5.95 Å². The number of aryl methyl sites for hydroxylation is 1. The van der Waals surface area contributed by atoms with E-state index in [2.05, 4.69) is 9.97 Å². The van der Waals surface area contributed by atoms with Gasteiger partial charge in [-0.1, -0.05) is 0 Å². The van der Waals surface area contributed by atoms with Crippen molar-refractivity contribution in [3.63, 3.8) is 0 Å². The maximum atomic E-state index is 5.49. The average molecular weight is 195 g/mol. The lowest BCUT2D eigenvalue weighted by Crippen LogP contribution is -2.35. The number of nitrogens with two attached hydrogens (primary N) is 2. The summed E-state index contributed by atoms with van der Waals surface area (Å²) >= 11 is 0. The van der Waals surface area contributed by atoms with Gasteiger partial charge in [0.2, 0.25) is 5.95 Å². The van der Waals surface area contributed by atoms with Crippen molar-refractivity contribution in [2.45, 2.75) is 6.92 Å². The first-order valence-electron chi connectivity index (χ1n) is 4.71. The van der Waals surface area contributed by atoms with Gasteiger partial charge in [0.15, 0.2) is 0 Å². The molecule has 14 heavy (non-hydrogen) atoms. The molecule has 0 aromatic carbocycles. The molecule has 1 heterocycles. The predicted octanol–water partition coefficient (Wildman–Crippen LogP) is -0.491. The molecule has 0 saturated heterocycles. The van der Waals surface area contributed by atoms with E-state index in [-0.39, 0.29) is 0 Å². The Bertz CT molecular complexity index is 252. The highest BCUT2D eigenvalue weighted by Gasteiger charge is 2.06. The highest BCUT2D eigenvalue weighted by Crippen LogP contribution is 2.04. The highest BCUT2D eigenvalue weighted by atomic mass is 15.2. The Balaban J connectivity index is 2.71. The molecule has 1 aromatic heterocycles. The molecular formula is C9H17N5. The molecule has 0 atom stereocenters. The van der Waals surface area contributed by atoms with Crippen LogP contribution < -0.4 is 16.4 Å². The molecule has 5 nitrogen and oxygen atoms in total. The number of aromatic nitrogens is 2. The summed E-state index contributed by atoms with van der Waals surface area (Å²) in [5, 5.41) is 0. The fraction of sp³-hybridized carbons (Fsp3) is 0.556. The van der Waals surface area contributed by atoms with Crippen molar-refractivity contribution < 1.29 is 0 Å². The predicted molar refractivity (Wildman–Crippen MR) is 57.1 cm³/mol. The lowest BCUT2D eigenvalue weighted by molar-refractivity contribution is 0.753. The second kappa shape index (κ2) is 5.51. The Kier molecular flexibility index (Phi) is 4.28. The van der Waals surface area contributed by atoms with Crippen LogP contribution in [0, 0.1) is 6.92 Å². The van der Waals surface area contributed by atoms with Crippen molar-refractivity contribution in [3.8, 4) is 0 Å². The minimum atomic E-state index is 0.581. The summed E-state index contributed by atoms with van der Waals surface area (Å²) < 4.78 is 0. The number of hydrogen-bond acceptors (Lipinski definition) is 5. The van der Waals surface area contributed by atoms with Crippen LogP contribution in [0.25, 0.3) is 0 Å². The van der Waals surface area contributed by atoms with Crippen LogP contribution in [0.1, 0.15) is 5.56 Å². The summed E-state index contributed by atoms with van der Waals surface area (Å²) in [6.45, 7) is 4.59. The van der Waals surface area contributed by atoms with Crippen LogP contribution in [0.15, 0.2) is 12.4 Å². The van der Waals surface area contributed by atoms with Crippen LogP contribution in [0.2, 0.25) is 0 Å². The lowest BCUT2D eigenvalue weighted by Gasteiger charge is -2.20. The van der Waals surface area contributed by atoms with E-state index in [0.717, 1.165) is 18.7 Å². The van der Waals surface area contributed by atoms with E-state index in [1.54, 1.807) is 12.4 Å². The third-order valence-electron chi connectivity index (χ3n) is 1.85. The van der Waals surface area contributed by atoms with Gasteiger partial charge in [-0.25, -0.2) is 9.97 Å². The maximum Gasteiger partial charge on any atom is 0.225 e. The van der Waals surface area contributed by atoms with Crippen LogP contribution in [0.3, 0.4) is 0 Å². The third-order valence-corrected chi connectivity index (χ3v) is 1.85. The smallest absolute Gasteiger partial charge is 0.225 e. The molecule has 1 aromatic rings. The van der Waals surface area contributed by atoms with Crippen molar-refractivity contribution in [2.75, 3.05) is 31.1 Å². The van der Waals surface area contributed by atoms with Gasteiger partial charge in [0.1, 0.15) is 0 Å². The molecule has 0 aliphatic rings. The number of nitrogens with zero attached hydrogens (tertiary/aromatic N) is 3. The van der Waals surface area contributed by atoms with Crippen molar-refractivity contribution in [1.82, 2.24) is 9.97 Å². The van der Waals surface area contributed by atoms with Gasteiger partial charge in [0.05, 0.1) is 0 Å². The van der Waals surface area contributed by atoms with Gasteiger partial charge in [-0.2, -0.15) is 0 Å². The van der Waals surface area contributed by atoms with Gasteiger partial charge >= 0.3 is 0 Å². The zero-order valence-corrected chi connectivity index (χ0v) is 8.48. The minimum absolute atomic E-state index is 0.581. The summed E-state index contributed by atoms with van der Waals surface area (Å²) in [5.41, 5.74) is 12.0. The van der Waals surface area contributed by atoms with E-state index in [9.17, 15) is 0 Å². The number of hydrogen-bond donors (Lipinski definition) is 2. The largest absolute Gasteiger partial charge is 0.338 e. The zero-order chi connectivity index (χ0) is 10.4. The van der Waals surface area contributed by atoms with Crippen LogP contribution >= 0.6 is 0 Å². The van der Waals surface area contributed by atoms with E-state index in [4.69, 9.17) is 11.5 Å². The Labute approximate surface area is 84.1 Å². The molecule has 0 spiro atoms. The second-order valence-corrected chi connectivity index (χ2v) is 3.12. The van der Waals surface area contributed by atoms with Crippen LogP contribution in [0.4, 0.5) is 5.95 Å². The van der Waals surface area contributed by atoms with Gasteiger partial charge in [-0.05, 0) is 12.5 Å². The topological polar surface area (TPSA) is 81.1 Å². The molecule has 0 bridgehead atoms. The third kappa shape index (κ3) is 2.93. The first kappa shape index (κ1) is 10.9. The molecule has 0 unspecified atom stereocenters. The summed E-state index contributed by atoms with van der Waals surface area (Å²) in [5.74, 6) is 0.700. The Morgan fingerprint density at radius 1 is 1.14 bits per heavy atom. The van der Waals surface area contributed by atoms with Crippen LogP contribution in [0.5, 0.6) is 0 Å². The summed E-state index contributed by atoms with van der Waals surface area (Å²) in [7, 11) is 0. The van der Waals surface area contributed by atoms with Crippen molar-refractivity contribution in [2.24, 2.45) is 11.5 Å². The average Bonchev–Trinajstić information content (AvgIpc) is 2.19. The molecular weight excluding hydrogens is 178 g/mol. The fourth-order valence-corrected chi connectivity index (χ4v) is 1.17. The Morgan fingerprint density at radius 3 is 2.07 bits per heavy atom. The van der Waals surface area contributed by atoms with E-state index in [1.807, 2.05) is 11.8 Å². The van der Waals surface area contributed by atoms with Crippen LogP contribution in [-0.4, -0.2) is 36.1 Å². The van der Waals surface area contributed by atoms with E-state index in [1.165, 1.54) is 0 Å². The minimum Gasteiger partial charge on any atom is -0.338 e.